The summed E-state index contributed by atoms with van der Waals surface area (Å²) in [6.07, 6.45) is 4.80. The van der Waals surface area contributed by atoms with Crippen LogP contribution in [0.25, 0.3) is 0 Å². The van der Waals surface area contributed by atoms with E-state index in [-0.39, 0.29) is 18.4 Å². The summed E-state index contributed by atoms with van der Waals surface area (Å²) in [5, 5.41) is 7.15. The number of thiophene rings is 1. The van der Waals surface area contributed by atoms with Crippen molar-refractivity contribution in [1.82, 2.24) is 20.1 Å². The molecule has 0 aromatic carbocycles. The lowest BCUT2D eigenvalue weighted by Gasteiger charge is -2.40. The van der Waals surface area contributed by atoms with Crippen LogP contribution in [0.5, 0.6) is 0 Å². The van der Waals surface area contributed by atoms with Crippen molar-refractivity contribution < 1.29 is 19.1 Å². The van der Waals surface area contributed by atoms with E-state index in [0.717, 1.165) is 49.2 Å². The number of nitrogens with two attached hydrogens (primary N) is 1. The molecule has 2 fully saturated rings. The van der Waals surface area contributed by atoms with Gasteiger partial charge < -0.3 is 30.3 Å². The van der Waals surface area contributed by atoms with Crippen LogP contribution in [0.1, 0.15) is 53.4 Å². The number of amides is 3. The van der Waals surface area contributed by atoms with E-state index in [1.54, 1.807) is 17.5 Å². The van der Waals surface area contributed by atoms with E-state index >= 15 is 0 Å². The number of pyridine rings is 1. The maximum absolute atomic E-state index is 13.2. The molecule has 1 atom stereocenters. The number of aryl methyl sites for hydroxylation is 2. The third-order valence-corrected chi connectivity index (χ3v) is 7.88. The maximum Gasteiger partial charge on any atom is 0.318 e. The maximum atomic E-state index is 13.2. The lowest BCUT2D eigenvalue weighted by Crippen LogP contribution is -2.52. The molecule has 0 radical (unpaired) electrons. The fourth-order valence-corrected chi connectivity index (χ4v) is 5.71. The molecule has 9 nitrogen and oxygen atoms in total. The average Bonchev–Trinajstić information content (AvgIpc) is 3.59. The summed E-state index contributed by atoms with van der Waals surface area (Å²) >= 11 is 1.64. The summed E-state index contributed by atoms with van der Waals surface area (Å²) in [7, 11) is 0. The van der Waals surface area contributed by atoms with Gasteiger partial charge in [-0.05, 0) is 73.6 Å². The number of primary amides is 1. The molecule has 2 aliphatic heterocycles. The molecule has 10 heteroatoms. The first-order chi connectivity index (χ1) is 17.4. The van der Waals surface area contributed by atoms with E-state index in [1.807, 2.05) is 23.3 Å². The Morgan fingerprint density at radius 1 is 1.28 bits per heavy atom. The largest absolute Gasteiger partial charge is 0.366 e. The van der Waals surface area contributed by atoms with Gasteiger partial charge >= 0.3 is 6.03 Å². The van der Waals surface area contributed by atoms with E-state index in [9.17, 15) is 9.59 Å². The van der Waals surface area contributed by atoms with Gasteiger partial charge in [0.2, 0.25) is 0 Å². The van der Waals surface area contributed by atoms with Crippen LogP contribution >= 0.6 is 11.3 Å². The summed E-state index contributed by atoms with van der Waals surface area (Å²) < 4.78 is 10.9. The van der Waals surface area contributed by atoms with E-state index in [2.05, 4.69) is 33.6 Å². The van der Waals surface area contributed by atoms with Crippen molar-refractivity contribution in [2.24, 2.45) is 5.73 Å². The summed E-state index contributed by atoms with van der Waals surface area (Å²) in [6.45, 7) is 8.03. The van der Waals surface area contributed by atoms with Crippen molar-refractivity contribution in [1.29, 1.82) is 0 Å². The highest BCUT2D eigenvalue weighted by atomic mass is 32.1. The topological polar surface area (TPSA) is 110 Å². The molecule has 196 valence electrons. The van der Waals surface area contributed by atoms with Gasteiger partial charge in [0, 0.05) is 37.9 Å². The molecule has 0 saturated carbocycles. The number of nitrogens with zero attached hydrogens (tertiary/aromatic N) is 3. The molecule has 2 aromatic heterocycles. The Labute approximate surface area is 217 Å². The molecule has 0 unspecified atom stereocenters. The van der Waals surface area contributed by atoms with Crippen molar-refractivity contribution in [3.63, 3.8) is 0 Å². The summed E-state index contributed by atoms with van der Waals surface area (Å²) in [6, 6.07) is 4.33. The van der Waals surface area contributed by atoms with Crippen molar-refractivity contribution in [2.75, 3.05) is 32.8 Å². The molecule has 36 heavy (non-hydrogen) atoms. The van der Waals surface area contributed by atoms with Gasteiger partial charge in [-0.3, -0.25) is 9.78 Å². The number of nitrogens with one attached hydrogen (secondary N) is 1. The molecule has 4 rings (SSSR count). The van der Waals surface area contributed by atoms with Gasteiger partial charge in [-0.2, -0.15) is 11.3 Å². The molecule has 3 amide bonds. The van der Waals surface area contributed by atoms with Crippen molar-refractivity contribution >= 4 is 23.3 Å². The highest BCUT2D eigenvalue weighted by molar-refractivity contribution is 7.07. The third kappa shape index (κ3) is 6.82. The number of urea groups is 1. The van der Waals surface area contributed by atoms with Crippen LogP contribution in [0, 0.1) is 6.92 Å². The van der Waals surface area contributed by atoms with Gasteiger partial charge in [-0.15, -0.1) is 0 Å². The number of piperidine rings is 1. The predicted octanol–water partition coefficient (Wildman–Crippen LogP) is 2.92. The Hall–Kier alpha value is -2.53. The second kappa shape index (κ2) is 12.6. The fraction of sp³-hybridized carbons (Fsp3) is 0.577. The molecule has 2 saturated heterocycles. The Bertz CT molecular complexity index is 1000. The molecule has 4 heterocycles. The lowest BCUT2D eigenvalue weighted by atomic mass is 9.98. The van der Waals surface area contributed by atoms with Gasteiger partial charge in [-0.25, -0.2) is 4.79 Å². The van der Waals surface area contributed by atoms with Crippen LogP contribution in [-0.2, 0) is 22.4 Å². The highest BCUT2D eigenvalue weighted by Crippen LogP contribution is 2.23. The number of hydrogen-bond acceptors (Lipinski definition) is 7. The molecule has 2 aromatic rings. The Kier molecular flexibility index (Phi) is 9.30. The number of aromatic nitrogens is 1. The van der Waals surface area contributed by atoms with Gasteiger partial charge in [-0.1, -0.05) is 0 Å². The van der Waals surface area contributed by atoms with Crippen LogP contribution in [0.15, 0.2) is 29.1 Å². The van der Waals surface area contributed by atoms with Crippen LogP contribution in [0.3, 0.4) is 0 Å². The molecular formula is C26H37N5O4S. The van der Waals surface area contributed by atoms with Crippen LogP contribution in [-0.4, -0.2) is 77.9 Å². The van der Waals surface area contributed by atoms with Crippen molar-refractivity contribution in [3.05, 3.63) is 51.5 Å². The molecule has 2 aliphatic rings. The minimum absolute atomic E-state index is 0.0729. The summed E-state index contributed by atoms with van der Waals surface area (Å²) in [5.41, 5.74) is 8.94. The summed E-state index contributed by atoms with van der Waals surface area (Å²) in [5.74, 6) is -0.417. The number of carbonyl (C=O) groups is 2. The quantitative estimate of drug-likeness (QED) is 0.504. The first-order valence-electron chi connectivity index (χ1n) is 12.7. The number of rotatable bonds is 10. The average molecular weight is 516 g/mol. The first-order valence-corrected chi connectivity index (χ1v) is 13.6. The second-order valence-electron chi connectivity index (χ2n) is 9.59. The standard InChI is InChI=1S/C26H37N5O4S/c1-18-5-9-28-22(24(18)25(27)32)4-3-19(2)30-10-6-21(7-11-30)31(16-20-8-14-36-17-20)26(33)29-15-23-34-12-13-35-23/h5,8-9,14,17,19,21,23H,3-4,6-7,10-13,15-16H2,1-2H3,(H2,27,32)(H,29,33)/t19-/m1/s1. The number of ether oxygens (including phenoxy) is 2. The molecule has 0 bridgehead atoms. The lowest BCUT2D eigenvalue weighted by molar-refractivity contribution is -0.0381. The molecule has 0 spiro atoms. The zero-order valence-corrected chi connectivity index (χ0v) is 22.0. The minimum Gasteiger partial charge on any atom is -0.366 e. The van der Waals surface area contributed by atoms with E-state index in [1.165, 1.54) is 0 Å². The fourth-order valence-electron chi connectivity index (χ4n) is 5.05. The second-order valence-corrected chi connectivity index (χ2v) is 10.4. The number of hydrogen-bond donors (Lipinski definition) is 2. The van der Waals surface area contributed by atoms with E-state index in [0.29, 0.717) is 44.3 Å². The normalized spacial score (nSPS) is 18.3. The van der Waals surface area contributed by atoms with Crippen LogP contribution < -0.4 is 11.1 Å². The SMILES string of the molecule is Cc1ccnc(CC[C@@H](C)N2CCC(N(Cc3ccsc3)C(=O)NCC3OCCO3)CC2)c1C(N)=O. The first kappa shape index (κ1) is 26.5. The van der Waals surface area contributed by atoms with Gasteiger partial charge in [0.25, 0.3) is 5.91 Å². The van der Waals surface area contributed by atoms with Gasteiger partial charge in [0.1, 0.15) is 0 Å². The van der Waals surface area contributed by atoms with E-state index < -0.39 is 5.91 Å². The number of carbonyl (C=O) groups excluding carboxylic acids is 2. The molecule has 3 N–H and O–H groups in total. The zero-order valence-electron chi connectivity index (χ0n) is 21.2. The monoisotopic (exact) mass is 515 g/mol. The zero-order chi connectivity index (χ0) is 25.5. The van der Waals surface area contributed by atoms with Crippen LogP contribution in [0.2, 0.25) is 0 Å². The van der Waals surface area contributed by atoms with E-state index in [4.69, 9.17) is 15.2 Å². The Morgan fingerprint density at radius 3 is 2.69 bits per heavy atom. The number of likely N-dealkylation sites (tertiary alicyclic amines) is 1. The van der Waals surface area contributed by atoms with Crippen molar-refractivity contribution in [3.8, 4) is 0 Å². The van der Waals surface area contributed by atoms with Crippen molar-refractivity contribution in [2.45, 2.75) is 64.4 Å². The third-order valence-electron chi connectivity index (χ3n) is 7.15. The Morgan fingerprint density at radius 2 is 2.03 bits per heavy atom. The highest BCUT2D eigenvalue weighted by Gasteiger charge is 2.30. The smallest absolute Gasteiger partial charge is 0.318 e. The minimum atomic E-state index is -0.417. The summed E-state index contributed by atoms with van der Waals surface area (Å²) in [4.78, 5) is 33.9. The van der Waals surface area contributed by atoms with Gasteiger partial charge in [0.05, 0.1) is 31.0 Å². The van der Waals surface area contributed by atoms with Gasteiger partial charge in [0.15, 0.2) is 6.29 Å². The van der Waals surface area contributed by atoms with Crippen LogP contribution in [0.4, 0.5) is 4.79 Å². The molecule has 0 aliphatic carbocycles. The predicted molar refractivity (Wildman–Crippen MR) is 139 cm³/mol. The molecular weight excluding hydrogens is 478 g/mol. The Balaban J connectivity index is 1.31.